The molecule has 0 rings (SSSR count). The number of aliphatic hydroxyl groups excluding tert-OH is 1. The zero-order valence-corrected chi connectivity index (χ0v) is 13.6. The summed E-state index contributed by atoms with van der Waals surface area (Å²) in [4.78, 5) is 0. The van der Waals surface area contributed by atoms with Crippen LogP contribution in [-0.4, -0.2) is 11.7 Å². The Labute approximate surface area is 107 Å². The van der Waals surface area contributed by atoms with E-state index in [0.717, 1.165) is 12.8 Å². The molecule has 0 unspecified atom stereocenters. The third-order valence-electron chi connectivity index (χ3n) is 0.512. The van der Waals surface area contributed by atoms with Gasteiger partial charge >= 0.3 is 0 Å². The third-order valence-corrected chi connectivity index (χ3v) is 0.512. The van der Waals surface area contributed by atoms with Crippen LogP contribution in [0.25, 0.3) is 0 Å². The van der Waals surface area contributed by atoms with Crippen LogP contribution in [0.4, 0.5) is 0 Å². The van der Waals surface area contributed by atoms with Gasteiger partial charge in [-0.2, -0.15) is 0 Å². The zero-order valence-electron chi connectivity index (χ0n) is 5.20. The van der Waals surface area contributed by atoms with Crippen molar-refractivity contribution >= 4 is 0 Å². The van der Waals surface area contributed by atoms with Crippen LogP contribution in [0.1, 0.15) is 19.8 Å². The van der Waals surface area contributed by atoms with E-state index in [9.17, 15) is 0 Å². The standard InChI is InChI=1S/C4H10O.3BrH.Hf/c1-2-3-4-5;;;;/h5H,2-4H2,1H3;3*1H;/p-3. The molecule has 0 aromatic heterocycles. The summed E-state index contributed by atoms with van der Waals surface area (Å²) in [6.45, 7) is 2.40. The first-order chi connectivity index (χ1) is 2.41. The maximum absolute atomic E-state index is 8.07. The van der Waals surface area contributed by atoms with Crippen molar-refractivity contribution in [1.29, 1.82) is 0 Å². The van der Waals surface area contributed by atoms with E-state index in [2.05, 4.69) is 6.92 Å². The second-order valence-electron chi connectivity index (χ2n) is 1.08. The minimum atomic E-state index is 0. The molecule has 0 fully saturated rings. The average molecular weight is 492 g/mol. The molecular formula is C4H10Br3HfO-3. The van der Waals surface area contributed by atoms with Gasteiger partial charge in [-0.3, -0.25) is 0 Å². The minimum absolute atomic E-state index is 0. The summed E-state index contributed by atoms with van der Waals surface area (Å²) in [6, 6.07) is 0. The molecule has 0 bridgehead atoms. The quantitative estimate of drug-likeness (QED) is 0.380. The van der Waals surface area contributed by atoms with Gasteiger partial charge in [0.15, 0.2) is 0 Å². The van der Waals surface area contributed by atoms with Crippen LogP contribution >= 0.6 is 0 Å². The van der Waals surface area contributed by atoms with Crippen LogP contribution in [0.3, 0.4) is 0 Å². The number of halogens is 3. The van der Waals surface area contributed by atoms with Crippen molar-refractivity contribution in [2.45, 2.75) is 19.8 Å². The normalized spacial score (nSPS) is 4.67. The molecule has 0 aromatic carbocycles. The molecule has 0 aliphatic rings. The molecule has 0 atom stereocenters. The monoisotopic (exact) mass is 491 g/mol. The SMILES string of the molecule is CCCCO.[Br-].[Br-].[Br-].[Hf]. The second kappa shape index (κ2) is 31.8. The summed E-state index contributed by atoms with van der Waals surface area (Å²) in [5.41, 5.74) is 0. The molecule has 60 valence electrons. The van der Waals surface area contributed by atoms with Crippen LogP contribution in [0.2, 0.25) is 0 Å². The maximum Gasteiger partial charge on any atom is 0.0430 e. The molecule has 1 nitrogen and oxygen atoms in total. The van der Waals surface area contributed by atoms with Crippen LogP contribution in [0.15, 0.2) is 0 Å². The first-order valence-electron chi connectivity index (χ1n) is 2.02. The molecule has 0 aliphatic heterocycles. The molecule has 0 spiro atoms. The van der Waals surface area contributed by atoms with Gasteiger partial charge in [0.2, 0.25) is 0 Å². The summed E-state index contributed by atoms with van der Waals surface area (Å²) in [6.07, 6.45) is 2.04. The fraction of sp³-hybridized carbons (Fsp3) is 1.00. The van der Waals surface area contributed by atoms with Gasteiger partial charge < -0.3 is 56.1 Å². The molecule has 0 saturated carbocycles. The van der Waals surface area contributed by atoms with Gasteiger partial charge in [0.25, 0.3) is 0 Å². The molecule has 9 heavy (non-hydrogen) atoms. The van der Waals surface area contributed by atoms with Gasteiger partial charge in [0.05, 0.1) is 0 Å². The average Bonchev–Trinajstić information content (AvgIpc) is 1.41. The molecule has 5 heteroatoms. The van der Waals surface area contributed by atoms with Crippen molar-refractivity contribution in [1.82, 2.24) is 0 Å². The topological polar surface area (TPSA) is 20.2 Å². The Bertz CT molecular complexity index is 23.3. The fourth-order valence-electron chi connectivity index (χ4n) is 0.158. The molecule has 0 heterocycles. The zero-order chi connectivity index (χ0) is 4.12. The van der Waals surface area contributed by atoms with E-state index in [4.69, 9.17) is 5.11 Å². The predicted molar refractivity (Wildman–Crippen MR) is 22.0 cm³/mol. The minimum Gasteiger partial charge on any atom is -1.00 e. The summed E-state index contributed by atoms with van der Waals surface area (Å²) in [7, 11) is 0. The van der Waals surface area contributed by atoms with Crippen molar-refractivity contribution in [3.8, 4) is 0 Å². The summed E-state index contributed by atoms with van der Waals surface area (Å²) in [5, 5.41) is 8.07. The third kappa shape index (κ3) is 38.5. The number of rotatable bonds is 2. The number of hydrogen-bond donors (Lipinski definition) is 1. The molecule has 0 aromatic rings. The number of unbranched alkanes of at least 4 members (excludes halogenated alkanes) is 1. The second-order valence-corrected chi connectivity index (χ2v) is 1.08. The Hall–Kier alpha value is 2.27. The Morgan fingerprint density at radius 1 is 1.11 bits per heavy atom. The van der Waals surface area contributed by atoms with E-state index in [1.165, 1.54) is 0 Å². The van der Waals surface area contributed by atoms with Crippen molar-refractivity contribution in [2.75, 3.05) is 6.61 Å². The molecule has 0 amide bonds. The van der Waals surface area contributed by atoms with Gasteiger partial charge in [-0.1, -0.05) is 13.3 Å². The van der Waals surface area contributed by atoms with Gasteiger partial charge in [-0.05, 0) is 6.42 Å². The summed E-state index contributed by atoms with van der Waals surface area (Å²) in [5.74, 6) is 0. The van der Waals surface area contributed by atoms with E-state index in [1.807, 2.05) is 0 Å². The van der Waals surface area contributed by atoms with Gasteiger partial charge in [-0.15, -0.1) is 0 Å². The number of aliphatic hydroxyl groups is 1. The van der Waals surface area contributed by atoms with E-state index in [-0.39, 0.29) is 76.8 Å². The van der Waals surface area contributed by atoms with Crippen molar-refractivity contribution in [3.05, 3.63) is 0 Å². The van der Waals surface area contributed by atoms with E-state index < -0.39 is 0 Å². The van der Waals surface area contributed by atoms with Crippen LogP contribution in [0.5, 0.6) is 0 Å². The van der Waals surface area contributed by atoms with Gasteiger partial charge in [-0.25, -0.2) is 0 Å². The summed E-state index contributed by atoms with van der Waals surface area (Å²) >= 11 is 0. The maximum atomic E-state index is 8.07. The Morgan fingerprint density at radius 3 is 1.44 bits per heavy atom. The van der Waals surface area contributed by atoms with Crippen molar-refractivity contribution in [2.24, 2.45) is 0 Å². The molecule has 0 radical (unpaired) electrons. The number of hydrogen-bond acceptors (Lipinski definition) is 1. The van der Waals surface area contributed by atoms with Gasteiger partial charge in [0.1, 0.15) is 0 Å². The Morgan fingerprint density at radius 2 is 1.44 bits per heavy atom. The Balaban J connectivity index is -0.0000000133. The van der Waals surface area contributed by atoms with Crippen LogP contribution in [-0.2, 0) is 25.8 Å². The molecule has 1 N–H and O–H groups in total. The Kier molecular flexibility index (Phi) is 107. The van der Waals surface area contributed by atoms with E-state index in [1.54, 1.807) is 0 Å². The molecule has 0 saturated heterocycles. The fourth-order valence-corrected chi connectivity index (χ4v) is 0.158. The van der Waals surface area contributed by atoms with Crippen molar-refractivity contribution in [3.63, 3.8) is 0 Å². The smallest absolute Gasteiger partial charge is 0.0430 e. The summed E-state index contributed by atoms with van der Waals surface area (Å²) < 4.78 is 0. The first kappa shape index (κ1) is 30.2. The van der Waals surface area contributed by atoms with Gasteiger partial charge in [0, 0.05) is 32.5 Å². The molecule has 0 aliphatic carbocycles. The van der Waals surface area contributed by atoms with Crippen molar-refractivity contribution < 1.29 is 81.9 Å². The van der Waals surface area contributed by atoms with Crippen LogP contribution in [0, 0.1) is 0 Å². The largest absolute Gasteiger partial charge is 1.00 e. The van der Waals surface area contributed by atoms with Crippen LogP contribution < -0.4 is 50.9 Å². The first-order valence-corrected chi connectivity index (χ1v) is 2.02. The predicted octanol–water partition coefficient (Wildman–Crippen LogP) is -8.21. The van der Waals surface area contributed by atoms with E-state index >= 15 is 0 Å². The van der Waals surface area contributed by atoms with E-state index in [0.29, 0.717) is 6.61 Å². The molecular weight excluding hydrogens is 482 g/mol.